The third kappa shape index (κ3) is 6.31. The van der Waals surface area contributed by atoms with Crippen LogP contribution in [0.5, 0.6) is 0 Å². The van der Waals surface area contributed by atoms with Crippen molar-refractivity contribution in [3.05, 3.63) is 65.5 Å². The van der Waals surface area contributed by atoms with Gasteiger partial charge in [-0.15, -0.1) is 0 Å². The highest BCUT2D eigenvalue weighted by atomic mass is 19.1. The van der Waals surface area contributed by atoms with E-state index in [4.69, 9.17) is 4.74 Å². The number of Topliss-reactive ketones (excluding diaryl/α,β-unsaturated/α-hetero) is 1. The van der Waals surface area contributed by atoms with Crippen LogP contribution in [0.2, 0.25) is 0 Å². The van der Waals surface area contributed by atoms with E-state index in [1.807, 2.05) is 0 Å². The molecular weight excluding hydrogens is 367 g/mol. The van der Waals surface area contributed by atoms with E-state index in [0.29, 0.717) is 16.8 Å². The normalized spacial score (nSPS) is 10.1. The second-order valence-corrected chi connectivity index (χ2v) is 5.80. The number of anilines is 1. The van der Waals surface area contributed by atoms with Gasteiger partial charge in [-0.3, -0.25) is 19.2 Å². The molecule has 0 saturated heterocycles. The number of ether oxygens (including phenoxy) is 1. The summed E-state index contributed by atoms with van der Waals surface area (Å²) in [5, 5.41) is 5.01. The standard InChI is InChI=1S/C20H19FN2O5/c1-22-20(27)14-4-8-16(9-5-14)23-18(25)12-28-19(26)11-10-17(24)13-2-6-15(21)7-3-13/h2-9H,10-12H2,1H3,(H,22,27)(H,23,25). The molecule has 2 aromatic carbocycles. The van der Waals surface area contributed by atoms with Crippen molar-refractivity contribution in [2.45, 2.75) is 12.8 Å². The monoisotopic (exact) mass is 386 g/mol. The van der Waals surface area contributed by atoms with Crippen LogP contribution in [0.4, 0.5) is 10.1 Å². The molecule has 0 heterocycles. The zero-order valence-corrected chi connectivity index (χ0v) is 15.2. The van der Waals surface area contributed by atoms with Crippen molar-refractivity contribution >= 4 is 29.3 Å². The summed E-state index contributed by atoms with van der Waals surface area (Å²) in [4.78, 5) is 46.8. The fourth-order valence-corrected chi connectivity index (χ4v) is 2.26. The van der Waals surface area contributed by atoms with Crippen LogP contribution in [0.25, 0.3) is 0 Å². The number of nitrogens with one attached hydrogen (secondary N) is 2. The molecule has 8 heteroatoms. The first kappa shape index (κ1) is 20.8. The highest BCUT2D eigenvalue weighted by Crippen LogP contribution is 2.10. The first-order valence-corrected chi connectivity index (χ1v) is 8.45. The Morgan fingerprint density at radius 2 is 1.50 bits per heavy atom. The highest BCUT2D eigenvalue weighted by Gasteiger charge is 2.12. The Morgan fingerprint density at radius 3 is 2.11 bits per heavy atom. The lowest BCUT2D eigenvalue weighted by molar-refractivity contribution is -0.147. The molecule has 0 bridgehead atoms. The van der Waals surface area contributed by atoms with Crippen molar-refractivity contribution < 1.29 is 28.3 Å². The van der Waals surface area contributed by atoms with E-state index in [1.165, 1.54) is 19.2 Å². The van der Waals surface area contributed by atoms with Crippen molar-refractivity contribution in [3.63, 3.8) is 0 Å². The molecule has 0 radical (unpaired) electrons. The largest absolute Gasteiger partial charge is 0.456 e. The van der Waals surface area contributed by atoms with Crippen LogP contribution in [0.3, 0.4) is 0 Å². The smallest absolute Gasteiger partial charge is 0.306 e. The number of rotatable bonds is 8. The molecule has 2 aromatic rings. The minimum atomic E-state index is -0.694. The van der Waals surface area contributed by atoms with Crippen molar-refractivity contribution in [1.82, 2.24) is 5.32 Å². The van der Waals surface area contributed by atoms with E-state index in [-0.39, 0.29) is 24.5 Å². The highest BCUT2D eigenvalue weighted by molar-refractivity contribution is 5.98. The van der Waals surface area contributed by atoms with Crippen molar-refractivity contribution in [1.29, 1.82) is 0 Å². The number of esters is 1. The molecule has 0 atom stereocenters. The van der Waals surface area contributed by atoms with Crippen LogP contribution < -0.4 is 10.6 Å². The molecule has 146 valence electrons. The van der Waals surface area contributed by atoms with Gasteiger partial charge in [-0.25, -0.2) is 4.39 Å². The van der Waals surface area contributed by atoms with Crippen LogP contribution in [0, 0.1) is 5.82 Å². The zero-order valence-electron chi connectivity index (χ0n) is 15.2. The second kappa shape index (κ2) is 9.96. The lowest BCUT2D eigenvalue weighted by Gasteiger charge is -2.07. The SMILES string of the molecule is CNC(=O)c1ccc(NC(=O)COC(=O)CCC(=O)c2ccc(F)cc2)cc1. The average molecular weight is 386 g/mol. The average Bonchev–Trinajstić information content (AvgIpc) is 2.71. The Balaban J connectivity index is 1.73. The number of hydrogen-bond acceptors (Lipinski definition) is 5. The fourth-order valence-electron chi connectivity index (χ4n) is 2.26. The Labute approximate surface area is 160 Å². The van der Waals surface area contributed by atoms with Crippen molar-refractivity contribution in [2.75, 3.05) is 19.0 Å². The number of amides is 2. The summed E-state index contributed by atoms with van der Waals surface area (Å²) in [5.74, 6) is -2.27. The zero-order chi connectivity index (χ0) is 20.5. The summed E-state index contributed by atoms with van der Waals surface area (Å²) in [6.07, 6.45) is -0.294. The van der Waals surface area contributed by atoms with Crippen LogP contribution in [0.1, 0.15) is 33.6 Å². The van der Waals surface area contributed by atoms with Gasteiger partial charge >= 0.3 is 5.97 Å². The van der Waals surface area contributed by atoms with Crippen molar-refractivity contribution in [2.24, 2.45) is 0 Å². The predicted octanol–water partition coefficient (Wildman–Crippen LogP) is 2.33. The summed E-state index contributed by atoms with van der Waals surface area (Å²) in [7, 11) is 1.51. The van der Waals surface area contributed by atoms with E-state index in [9.17, 15) is 23.6 Å². The van der Waals surface area contributed by atoms with Crippen LogP contribution >= 0.6 is 0 Å². The maximum absolute atomic E-state index is 12.8. The molecule has 0 aromatic heterocycles. The third-order valence-corrected chi connectivity index (χ3v) is 3.74. The number of ketones is 1. The van der Waals surface area contributed by atoms with Gasteiger partial charge in [-0.1, -0.05) is 0 Å². The van der Waals surface area contributed by atoms with Gasteiger partial charge in [0.2, 0.25) is 0 Å². The van der Waals surface area contributed by atoms with Gasteiger partial charge in [-0.05, 0) is 48.5 Å². The number of carbonyl (C=O) groups excluding carboxylic acids is 4. The van der Waals surface area contributed by atoms with Gasteiger partial charge in [0.1, 0.15) is 5.82 Å². The van der Waals surface area contributed by atoms with Crippen molar-refractivity contribution in [3.8, 4) is 0 Å². The summed E-state index contributed by atoms with van der Waals surface area (Å²) >= 11 is 0. The van der Waals surface area contributed by atoms with Crippen LogP contribution in [0.15, 0.2) is 48.5 Å². The summed E-state index contributed by atoms with van der Waals surface area (Å²) in [6.45, 7) is -0.499. The molecule has 28 heavy (non-hydrogen) atoms. The number of carbonyl (C=O) groups is 4. The Kier molecular flexibility index (Phi) is 7.38. The van der Waals surface area contributed by atoms with Gasteiger partial charge in [0, 0.05) is 30.3 Å². The van der Waals surface area contributed by atoms with Gasteiger partial charge in [0.15, 0.2) is 12.4 Å². The molecule has 2 rings (SSSR count). The lowest BCUT2D eigenvalue weighted by atomic mass is 10.1. The minimum Gasteiger partial charge on any atom is -0.456 e. The fraction of sp³-hybridized carbons (Fsp3) is 0.200. The number of hydrogen-bond donors (Lipinski definition) is 2. The molecule has 0 fully saturated rings. The summed E-state index contributed by atoms with van der Waals surface area (Å²) in [6, 6.07) is 11.2. The predicted molar refractivity (Wildman–Crippen MR) is 99.4 cm³/mol. The molecule has 0 aliphatic rings. The van der Waals surface area contributed by atoms with E-state index in [2.05, 4.69) is 10.6 Å². The quantitative estimate of drug-likeness (QED) is 0.536. The van der Waals surface area contributed by atoms with Gasteiger partial charge < -0.3 is 15.4 Å². The Morgan fingerprint density at radius 1 is 0.893 bits per heavy atom. The topological polar surface area (TPSA) is 102 Å². The second-order valence-electron chi connectivity index (χ2n) is 5.80. The molecule has 7 nitrogen and oxygen atoms in total. The first-order chi connectivity index (χ1) is 13.4. The third-order valence-electron chi connectivity index (χ3n) is 3.74. The Hall–Kier alpha value is -3.55. The van der Waals surface area contributed by atoms with Gasteiger partial charge in [-0.2, -0.15) is 0 Å². The molecule has 2 amide bonds. The summed E-state index contributed by atoms with van der Waals surface area (Å²) in [5.41, 5.74) is 1.19. The van der Waals surface area contributed by atoms with Crippen LogP contribution in [-0.4, -0.2) is 37.2 Å². The van der Waals surface area contributed by atoms with E-state index in [0.717, 1.165) is 12.1 Å². The molecule has 0 aliphatic carbocycles. The molecule has 2 N–H and O–H groups in total. The molecule has 0 saturated carbocycles. The number of benzene rings is 2. The first-order valence-electron chi connectivity index (χ1n) is 8.45. The lowest BCUT2D eigenvalue weighted by Crippen LogP contribution is -2.21. The van der Waals surface area contributed by atoms with E-state index in [1.54, 1.807) is 24.3 Å². The van der Waals surface area contributed by atoms with Gasteiger partial charge in [0.25, 0.3) is 11.8 Å². The summed E-state index contributed by atoms with van der Waals surface area (Å²) < 4.78 is 17.7. The van der Waals surface area contributed by atoms with Crippen LogP contribution in [-0.2, 0) is 14.3 Å². The molecule has 0 aliphatic heterocycles. The molecular formula is C20H19FN2O5. The van der Waals surface area contributed by atoms with E-state index < -0.39 is 24.3 Å². The molecule has 0 unspecified atom stereocenters. The number of halogens is 1. The Bertz CT molecular complexity index is 863. The van der Waals surface area contributed by atoms with E-state index >= 15 is 0 Å². The van der Waals surface area contributed by atoms with Gasteiger partial charge in [0.05, 0.1) is 6.42 Å². The molecule has 0 spiro atoms. The minimum absolute atomic E-state index is 0.104. The maximum atomic E-state index is 12.8. The maximum Gasteiger partial charge on any atom is 0.306 e.